The average molecular weight is 991 g/mol. The summed E-state index contributed by atoms with van der Waals surface area (Å²) in [6.45, 7) is 8.03. The third kappa shape index (κ3) is 12.5. The molecule has 1 amide bonds. The van der Waals surface area contributed by atoms with Crippen molar-refractivity contribution in [3.05, 3.63) is 124 Å². The largest absolute Gasteiger partial charge is 0.493 e. The molecule has 9 rings (SSSR count). The highest BCUT2D eigenvalue weighted by Crippen LogP contribution is 2.33. The lowest BCUT2D eigenvalue weighted by atomic mass is 9.94. The second-order valence-electron chi connectivity index (χ2n) is 19.4. The molecule has 17 heteroatoms. The second kappa shape index (κ2) is 22.3. The van der Waals surface area contributed by atoms with Gasteiger partial charge in [0.15, 0.2) is 6.61 Å². The van der Waals surface area contributed by atoms with Crippen LogP contribution in [0.25, 0.3) is 22.0 Å². The third-order valence-corrected chi connectivity index (χ3v) is 14.2. The van der Waals surface area contributed by atoms with Crippen LogP contribution in [0.5, 0.6) is 11.5 Å². The van der Waals surface area contributed by atoms with E-state index >= 15 is 0 Å². The summed E-state index contributed by atoms with van der Waals surface area (Å²) >= 11 is 0. The molecule has 3 aliphatic heterocycles. The fourth-order valence-electron chi connectivity index (χ4n) is 10.3. The minimum Gasteiger partial charge on any atom is -0.493 e. The summed E-state index contributed by atoms with van der Waals surface area (Å²) in [6, 6.07) is 25.2. The zero-order valence-corrected chi connectivity index (χ0v) is 41.0. The first kappa shape index (κ1) is 50.2. The molecule has 0 saturated carbocycles. The zero-order valence-electron chi connectivity index (χ0n) is 41.0. The number of benzene rings is 3. The number of ether oxygens (including phenoxy) is 2. The topological polar surface area (TPSA) is 122 Å². The maximum Gasteiger partial charge on any atom is 0.406 e. The first-order valence-electron chi connectivity index (χ1n) is 24.8. The molecule has 0 radical (unpaired) electrons. The summed E-state index contributed by atoms with van der Waals surface area (Å²) in [7, 11) is 1.87. The molecule has 0 aliphatic carbocycles. The van der Waals surface area contributed by atoms with Gasteiger partial charge < -0.3 is 48.5 Å². The number of anilines is 2. The van der Waals surface area contributed by atoms with E-state index in [9.17, 15) is 27.2 Å². The van der Waals surface area contributed by atoms with Crippen LogP contribution in [0.3, 0.4) is 0 Å². The lowest BCUT2D eigenvalue weighted by Crippen LogP contribution is -2.50. The lowest BCUT2D eigenvalue weighted by molar-refractivity contribution is -0.140. The maximum atomic E-state index is 14.9. The predicted octanol–water partition coefficient (Wildman–Crippen LogP) is 8.76. The van der Waals surface area contributed by atoms with Crippen molar-refractivity contribution in [3.63, 3.8) is 0 Å². The number of piperidine rings is 3. The summed E-state index contributed by atoms with van der Waals surface area (Å²) in [5, 5.41) is 11.1. The van der Waals surface area contributed by atoms with Crippen molar-refractivity contribution in [3.8, 4) is 34.5 Å². The number of carbonyl (C=O) groups is 1. The average Bonchev–Trinajstić information content (AvgIpc) is 3.90. The van der Waals surface area contributed by atoms with Crippen LogP contribution in [-0.2, 0) is 17.9 Å². The molecule has 0 unspecified atom stereocenters. The van der Waals surface area contributed by atoms with Gasteiger partial charge in [-0.3, -0.25) is 9.59 Å². The molecule has 3 aliphatic rings. The van der Waals surface area contributed by atoms with Gasteiger partial charge in [0, 0.05) is 72.4 Å². The van der Waals surface area contributed by atoms with Crippen molar-refractivity contribution in [1.82, 2.24) is 29.0 Å². The Kier molecular flexibility index (Phi) is 15.6. The van der Waals surface area contributed by atoms with Gasteiger partial charge in [-0.1, -0.05) is 29.3 Å². The van der Waals surface area contributed by atoms with Gasteiger partial charge >= 0.3 is 6.18 Å². The molecule has 3 aromatic carbocycles. The zero-order chi connectivity index (χ0) is 50.4. The standard InChI is InChI=1S/C55H62F4N8O5/c1-37-54(38(2)72-62-37)41-12-17-52(68)66(32-41)31-40-7-4-9-46(29-40)71-35-53(69)65-27-20-43(21-28-65)64-25-18-39(19-26-64)34-70-45-15-13-42(14-16-45)60-23-6-8-44-30-47-49(61-50-22-24-63(3)33-48(50)56)10-5-11-51(47)67(44)36-55(57,58)59/h4-5,7,9-17,29-30,32,39,43,48,50,60-61H,18-28,31,33-36H2,1-3H3/t48-,50+/m0/s1. The van der Waals surface area contributed by atoms with Crippen LogP contribution in [0.15, 0.2) is 100 Å². The van der Waals surface area contributed by atoms with E-state index in [-0.39, 0.29) is 30.3 Å². The van der Waals surface area contributed by atoms with Crippen molar-refractivity contribution < 1.29 is 36.4 Å². The number of carbonyl (C=O) groups excluding carboxylic acids is 1. The van der Waals surface area contributed by atoms with Gasteiger partial charge in [-0.15, -0.1) is 0 Å². The molecule has 2 N–H and O–H groups in total. The van der Waals surface area contributed by atoms with Gasteiger partial charge in [0.05, 0.1) is 42.6 Å². The molecule has 3 aromatic heterocycles. The molecule has 2 atom stereocenters. The van der Waals surface area contributed by atoms with Crippen LogP contribution >= 0.6 is 0 Å². The van der Waals surface area contributed by atoms with E-state index in [1.165, 1.54) is 4.57 Å². The van der Waals surface area contributed by atoms with Crippen LogP contribution < -0.4 is 25.7 Å². The third-order valence-electron chi connectivity index (χ3n) is 14.2. The van der Waals surface area contributed by atoms with Crippen LogP contribution in [0, 0.1) is 31.6 Å². The molecular weight excluding hydrogens is 929 g/mol. The lowest BCUT2D eigenvalue weighted by Gasteiger charge is -2.41. The molecule has 0 bridgehead atoms. The Hall–Kier alpha value is -6.77. The summed E-state index contributed by atoms with van der Waals surface area (Å²) in [5.41, 5.74) is 5.26. The first-order chi connectivity index (χ1) is 34.7. The Morgan fingerprint density at radius 2 is 1.67 bits per heavy atom. The van der Waals surface area contributed by atoms with E-state index in [0.717, 1.165) is 79.1 Å². The van der Waals surface area contributed by atoms with E-state index in [0.29, 0.717) is 79.3 Å². The molecule has 6 heterocycles. The number of nitrogens with zero attached hydrogens (tertiary/aromatic N) is 6. The number of halogens is 4. The van der Waals surface area contributed by atoms with E-state index in [2.05, 4.69) is 32.5 Å². The number of amides is 1. The minimum atomic E-state index is -4.45. The summed E-state index contributed by atoms with van der Waals surface area (Å²) in [6.07, 6.45) is 0.743. The number of hydrogen-bond acceptors (Lipinski definition) is 10. The number of likely N-dealkylation sites (tertiary alicyclic amines) is 3. The number of alkyl halides is 4. The van der Waals surface area contributed by atoms with E-state index < -0.39 is 24.9 Å². The van der Waals surface area contributed by atoms with Crippen LogP contribution in [0.2, 0.25) is 0 Å². The van der Waals surface area contributed by atoms with E-state index in [1.807, 2.05) is 85.4 Å². The van der Waals surface area contributed by atoms with Gasteiger partial charge in [-0.05, 0) is 144 Å². The van der Waals surface area contributed by atoms with E-state index in [4.69, 9.17) is 14.0 Å². The fourth-order valence-corrected chi connectivity index (χ4v) is 10.3. The predicted molar refractivity (Wildman–Crippen MR) is 270 cm³/mol. The molecule has 380 valence electrons. The molecule has 0 spiro atoms. The van der Waals surface area contributed by atoms with Gasteiger partial charge in [0.1, 0.15) is 30.0 Å². The monoisotopic (exact) mass is 990 g/mol. The molecule has 6 aromatic rings. The Bertz CT molecular complexity index is 2920. The number of aryl methyl sites for hydroxylation is 2. The fraction of sp³-hybridized carbons (Fsp3) is 0.436. The Labute approximate surface area is 417 Å². The Morgan fingerprint density at radius 3 is 2.40 bits per heavy atom. The maximum absolute atomic E-state index is 14.9. The second-order valence-corrected chi connectivity index (χ2v) is 19.4. The first-order valence-corrected chi connectivity index (χ1v) is 24.8. The van der Waals surface area contributed by atoms with Crippen molar-refractivity contribution in [2.24, 2.45) is 5.92 Å². The SMILES string of the molecule is Cc1noc(C)c1-c1ccc(=O)n(Cc2cccc(OCC(=O)N3CCC(N4CCC(COc5ccc(NCC#Cc6cc7c(N[C@@H]8CCN(C)C[C@@H]8F)cccc7n6CC(F)(F)F)cc5)CC4)CC3)c2)c1. The van der Waals surface area contributed by atoms with Gasteiger partial charge in [0.25, 0.3) is 11.5 Å². The Balaban J connectivity index is 0.688. The normalized spacial score (nSPS) is 18.5. The van der Waals surface area contributed by atoms with Gasteiger partial charge in [-0.2, -0.15) is 13.2 Å². The molecule has 13 nitrogen and oxygen atoms in total. The molecular formula is C55H62F4N8O5. The highest BCUT2D eigenvalue weighted by Gasteiger charge is 2.32. The Morgan fingerprint density at radius 1 is 0.889 bits per heavy atom. The number of nitrogens with one attached hydrogen (secondary N) is 2. The number of aromatic nitrogens is 3. The number of pyridine rings is 1. The molecule has 72 heavy (non-hydrogen) atoms. The number of hydrogen-bond donors (Lipinski definition) is 2. The summed E-state index contributed by atoms with van der Waals surface area (Å²) in [5.74, 6) is 8.36. The number of fused-ring (bicyclic) bond motifs is 1. The number of rotatable bonds is 15. The summed E-state index contributed by atoms with van der Waals surface area (Å²) in [4.78, 5) is 32.4. The van der Waals surface area contributed by atoms with Gasteiger partial charge in [0.2, 0.25) is 0 Å². The van der Waals surface area contributed by atoms with Crippen LogP contribution in [0.4, 0.5) is 28.9 Å². The highest BCUT2D eigenvalue weighted by molar-refractivity contribution is 5.94. The van der Waals surface area contributed by atoms with Crippen LogP contribution in [0.1, 0.15) is 54.8 Å². The van der Waals surface area contributed by atoms with Crippen molar-refractivity contribution >= 4 is 28.2 Å². The molecule has 3 saturated heterocycles. The minimum absolute atomic E-state index is 0.0375. The smallest absolute Gasteiger partial charge is 0.406 e. The van der Waals surface area contributed by atoms with Crippen molar-refractivity contribution in [1.29, 1.82) is 0 Å². The molecule has 3 fully saturated rings. The highest BCUT2D eigenvalue weighted by atomic mass is 19.4. The van der Waals surface area contributed by atoms with Gasteiger partial charge in [-0.25, -0.2) is 4.39 Å². The van der Waals surface area contributed by atoms with Crippen molar-refractivity contribution in [2.45, 2.75) is 83.5 Å². The van der Waals surface area contributed by atoms with Crippen molar-refractivity contribution in [2.75, 3.05) is 76.7 Å². The summed E-state index contributed by atoms with van der Waals surface area (Å²) < 4.78 is 76.5. The van der Waals surface area contributed by atoms with E-state index in [1.54, 1.807) is 41.0 Å². The van der Waals surface area contributed by atoms with Crippen LogP contribution in [-0.4, -0.2) is 125 Å². The quantitative estimate of drug-likeness (QED) is 0.0764.